The summed E-state index contributed by atoms with van der Waals surface area (Å²) in [5.74, 6) is -6.97. The standard InChI is InChI=1S/C43H46O20/c1-23(45)59-40-39(54)37(52)32(20-44)60-42(40)63-43(22-58-35(50)15-8-24-4-11-27(46)12-5-24)41(61-36(51)17-10-26-7-14-29(48)31(19-26)56-3)38(53)33(62-43)21-57-34(49)16-9-25-6-13-28(47)30(18-25)55-2/h4-19,32-33,37-42,44,46-48,52-54H,20-22H2,1-3H3/t32-,33-,37-,38-,39+,40-,41+,42-,43+/m1/s1. The third kappa shape index (κ3) is 12.3. The molecule has 2 aliphatic heterocycles. The highest BCUT2D eigenvalue weighted by Crippen LogP contribution is 2.40. The van der Waals surface area contributed by atoms with Crippen molar-refractivity contribution >= 4 is 42.1 Å². The summed E-state index contributed by atoms with van der Waals surface area (Å²) < 4.78 is 49.9. The first-order valence-corrected chi connectivity index (χ1v) is 19.0. The molecular formula is C43H46O20. The Bertz CT molecular complexity index is 2170. The minimum Gasteiger partial charge on any atom is -0.508 e. The van der Waals surface area contributed by atoms with Crippen LogP contribution in [0.25, 0.3) is 18.2 Å². The van der Waals surface area contributed by atoms with Gasteiger partial charge in [-0.15, -0.1) is 0 Å². The molecule has 0 saturated carbocycles. The Balaban J connectivity index is 1.50. The summed E-state index contributed by atoms with van der Waals surface area (Å²) in [5, 5.41) is 72.9. The molecule has 20 nitrogen and oxygen atoms in total. The number of ether oxygens (including phenoxy) is 9. The molecule has 0 unspecified atom stereocenters. The zero-order valence-corrected chi connectivity index (χ0v) is 33.9. The zero-order valence-electron chi connectivity index (χ0n) is 33.9. The van der Waals surface area contributed by atoms with Crippen LogP contribution < -0.4 is 9.47 Å². The molecule has 0 amide bonds. The van der Waals surface area contributed by atoms with Gasteiger partial charge in [0, 0.05) is 25.2 Å². The van der Waals surface area contributed by atoms with Crippen LogP contribution in [0.2, 0.25) is 0 Å². The fraction of sp³-hybridized carbons (Fsp3) is 0.349. The van der Waals surface area contributed by atoms with Crippen molar-refractivity contribution in [1.82, 2.24) is 0 Å². The maximum absolute atomic E-state index is 13.5. The molecule has 7 N–H and O–H groups in total. The first kappa shape index (κ1) is 47.5. The van der Waals surface area contributed by atoms with Gasteiger partial charge >= 0.3 is 23.9 Å². The highest BCUT2D eigenvalue weighted by atomic mass is 16.8. The Morgan fingerprint density at radius 1 is 0.683 bits per heavy atom. The quantitative estimate of drug-likeness (QED) is 0.0567. The molecule has 2 saturated heterocycles. The van der Waals surface area contributed by atoms with Gasteiger partial charge < -0.3 is 78.4 Å². The number of carbonyl (C=O) groups excluding carboxylic acids is 4. The van der Waals surface area contributed by atoms with E-state index < -0.39 is 98.5 Å². The number of phenolic OH excluding ortho intramolecular Hbond substituents is 3. The van der Waals surface area contributed by atoms with Crippen molar-refractivity contribution in [3.05, 3.63) is 95.6 Å². The Morgan fingerprint density at radius 2 is 1.22 bits per heavy atom. The zero-order chi connectivity index (χ0) is 45.8. The number of benzene rings is 3. The molecule has 338 valence electrons. The Labute approximate surface area is 359 Å². The van der Waals surface area contributed by atoms with Crippen LogP contribution in [0.3, 0.4) is 0 Å². The van der Waals surface area contributed by atoms with Crippen molar-refractivity contribution in [1.29, 1.82) is 0 Å². The molecular weight excluding hydrogens is 836 g/mol. The van der Waals surface area contributed by atoms with Crippen molar-refractivity contribution in [3.8, 4) is 28.7 Å². The van der Waals surface area contributed by atoms with Gasteiger partial charge in [-0.3, -0.25) is 4.79 Å². The second-order valence-electron chi connectivity index (χ2n) is 13.9. The van der Waals surface area contributed by atoms with Gasteiger partial charge in [-0.25, -0.2) is 14.4 Å². The van der Waals surface area contributed by atoms with E-state index >= 15 is 0 Å². The van der Waals surface area contributed by atoms with Crippen LogP contribution in [0.15, 0.2) is 78.9 Å². The van der Waals surface area contributed by atoms with E-state index in [4.69, 9.17) is 42.6 Å². The number of phenols is 3. The van der Waals surface area contributed by atoms with E-state index in [1.165, 1.54) is 93.1 Å². The van der Waals surface area contributed by atoms with Crippen molar-refractivity contribution in [2.45, 2.75) is 61.7 Å². The Kier molecular flexibility index (Phi) is 16.2. The van der Waals surface area contributed by atoms with E-state index in [-0.39, 0.29) is 28.7 Å². The van der Waals surface area contributed by atoms with Crippen molar-refractivity contribution in [2.24, 2.45) is 0 Å². The number of methoxy groups -OCH3 is 2. The average Bonchev–Trinajstić information content (AvgIpc) is 3.52. The topological polar surface area (TPSA) is 293 Å². The molecule has 3 aromatic carbocycles. The van der Waals surface area contributed by atoms with E-state index in [0.29, 0.717) is 16.7 Å². The molecule has 0 radical (unpaired) electrons. The molecule has 63 heavy (non-hydrogen) atoms. The lowest BCUT2D eigenvalue weighted by atomic mass is 9.98. The van der Waals surface area contributed by atoms with Gasteiger partial charge in [-0.05, 0) is 71.3 Å². The molecule has 3 aromatic rings. The summed E-state index contributed by atoms with van der Waals surface area (Å²) in [6.07, 6.45) is -8.03. The van der Waals surface area contributed by atoms with Gasteiger partial charge in [0.15, 0.2) is 35.2 Å². The number of aliphatic hydroxyl groups excluding tert-OH is 4. The Hall–Kier alpha value is -6.52. The van der Waals surface area contributed by atoms with Crippen LogP contribution in [0, 0.1) is 0 Å². The van der Waals surface area contributed by atoms with Gasteiger partial charge in [-0.2, -0.15) is 0 Å². The molecule has 0 bridgehead atoms. The van der Waals surface area contributed by atoms with Crippen LogP contribution in [-0.4, -0.2) is 148 Å². The second kappa shape index (κ2) is 21.5. The lowest BCUT2D eigenvalue weighted by Gasteiger charge is -2.44. The van der Waals surface area contributed by atoms with Crippen LogP contribution in [0.1, 0.15) is 23.6 Å². The smallest absolute Gasteiger partial charge is 0.331 e. The monoisotopic (exact) mass is 882 g/mol. The maximum atomic E-state index is 13.5. The summed E-state index contributed by atoms with van der Waals surface area (Å²) in [7, 11) is 2.65. The minimum atomic E-state index is -2.67. The maximum Gasteiger partial charge on any atom is 0.331 e. The molecule has 0 spiro atoms. The summed E-state index contributed by atoms with van der Waals surface area (Å²) in [6.45, 7) is -1.74. The van der Waals surface area contributed by atoms with Gasteiger partial charge in [0.25, 0.3) is 0 Å². The average molecular weight is 883 g/mol. The third-order valence-electron chi connectivity index (χ3n) is 9.50. The second-order valence-corrected chi connectivity index (χ2v) is 13.9. The van der Waals surface area contributed by atoms with Crippen molar-refractivity contribution in [3.63, 3.8) is 0 Å². The highest BCUT2D eigenvalue weighted by molar-refractivity contribution is 5.88. The number of hydrogen-bond acceptors (Lipinski definition) is 20. The van der Waals surface area contributed by atoms with E-state index in [1.54, 1.807) is 0 Å². The normalized spacial score (nSPS) is 25.8. The third-order valence-corrected chi connectivity index (χ3v) is 9.50. The fourth-order valence-electron chi connectivity index (χ4n) is 6.32. The minimum absolute atomic E-state index is 0.0312. The molecule has 5 rings (SSSR count). The number of aliphatic hydroxyl groups is 4. The van der Waals surface area contributed by atoms with Gasteiger partial charge in [-0.1, -0.05) is 24.3 Å². The molecule has 0 aromatic heterocycles. The first-order chi connectivity index (χ1) is 30.1. The van der Waals surface area contributed by atoms with Crippen LogP contribution in [0.4, 0.5) is 0 Å². The number of hydrogen-bond donors (Lipinski definition) is 7. The van der Waals surface area contributed by atoms with Crippen LogP contribution >= 0.6 is 0 Å². The van der Waals surface area contributed by atoms with E-state index in [2.05, 4.69) is 0 Å². The fourth-order valence-corrected chi connectivity index (χ4v) is 6.32. The van der Waals surface area contributed by atoms with E-state index in [1.807, 2.05) is 0 Å². The lowest BCUT2D eigenvalue weighted by molar-refractivity contribution is -0.383. The number of carbonyl (C=O) groups is 4. The van der Waals surface area contributed by atoms with E-state index in [9.17, 15) is 54.9 Å². The highest BCUT2D eigenvalue weighted by Gasteiger charge is 2.62. The molecule has 2 aliphatic rings. The summed E-state index contributed by atoms with van der Waals surface area (Å²) in [5.41, 5.74) is 1.25. The number of rotatable bonds is 17. The van der Waals surface area contributed by atoms with Gasteiger partial charge in [0.2, 0.25) is 12.1 Å². The predicted octanol–water partition coefficient (Wildman–Crippen LogP) is 1.10. The number of esters is 4. The molecule has 20 heteroatoms. The lowest BCUT2D eigenvalue weighted by Crippen LogP contribution is -2.64. The van der Waals surface area contributed by atoms with Crippen LogP contribution in [0.5, 0.6) is 28.7 Å². The Morgan fingerprint density at radius 3 is 1.78 bits per heavy atom. The summed E-state index contributed by atoms with van der Waals surface area (Å²) in [4.78, 5) is 51.8. The molecule has 2 heterocycles. The molecule has 9 atom stereocenters. The largest absolute Gasteiger partial charge is 0.508 e. The molecule has 2 fully saturated rings. The van der Waals surface area contributed by atoms with Crippen LogP contribution in [-0.2, 0) is 52.3 Å². The van der Waals surface area contributed by atoms with Gasteiger partial charge in [0.05, 0.1) is 20.8 Å². The van der Waals surface area contributed by atoms with Crippen molar-refractivity contribution in [2.75, 3.05) is 34.0 Å². The number of aromatic hydroxyl groups is 3. The predicted molar refractivity (Wildman–Crippen MR) is 214 cm³/mol. The summed E-state index contributed by atoms with van der Waals surface area (Å²) in [6, 6.07) is 14.1. The summed E-state index contributed by atoms with van der Waals surface area (Å²) >= 11 is 0. The SMILES string of the molecule is COc1cc(C=CC(=O)OC[C@H]2O[C@@](COC(=O)C=Cc3ccc(O)cc3)(O[C@H]3O[C@H](CO)[C@@H](O)[C@H](O)[C@H]3OC(C)=O)[C@@H](OC(=O)C=Cc3ccc(O)c(OC)c3)[C@@H]2O)ccc1O. The van der Waals surface area contributed by atoms with Gasteiger partial charge in [0.1, 0.15) is 49.5 Å². The molecule has 0 aliphatic carbocycles. The van der Waals surface area contributed by atoms with Crippen molar-refractivity contribution < 1.29 is 97.6 Å². The first-order valence-electron chi connectivity index (χ1n) is 19.0. The van der Waals surface area contributed by atoms with E-state index in [0.717, 1.165) is 25.2 Å².